The third-order valence-corrected chi connectivity index (χ3v) is 3.45. The average molecular weight is 284 g/mol. The van der Waals surface area contributed by atoms with E-state index in [4.69, 9.17) is 4.74 Å². The summed E-state index contributed by atoms with van der Waals surface area (Å²) < 4.78 is 32.0. The van der Waals surface area contributed by atoms with Crippen molar-refractivity contribution < 1.29 is 18.3 Å². The van der Waals surface area contributed by atoms with Crippen LogP contribution in [0.25, 0.3) is 0 Å². The molecule has 1 fully saturated rings. The van der Waals surface area contributed by atoms with Crippen LogP contribution in [0, 0.1) is 11.6 Å². The molecule has 1 N–H and O–H groups in total. The minimum atomic E-state index is -0.668. The number of nitrogens with zero attached hydrogens (tertiary/aromatic N) is 1. The lowest BCUT2D eigenvalue weighted by molar-refractivity contribution is -0.132. The van der Waals surface area contributed by atoms with Crippen molar-refractivity contribution in [3.8, 4) is 0 Å². The van der Waals surface area contributed by atoms with Gasteiger partial charge in [0, 0.05) is 18.7 Å². The highest BCUT2D eigenvalue weighted by Crippen LogP contribution is 2.29. The zero-order valence-electron chi connectivity index (χ0n) is 11.7. The van der Waals surface area contributed by atoms with E-state index >= 15 is 0 Å². The molecule has 0 aromatic heterocycles. The second kappa shape index (κ2) is 5.85. The van der Waals surface area contributed by atoms with E-state index < -0.39 is 23.8 Å². The summed E-state index contributed by atoms with van der Waals surface area (Å²) in [5.41, 5.74) is 0.257. The molecule has 0 spiro atoms. The Balaban J connectivity index is 2.35. The van der Waals surface area contributed by atoms with Gasteiger partial charge in [-0.2, -0.15) is 0 Å². The van der Waals surface area contributed by atoms with Crippen molar-refractivity contribution >= 4 is 5.91 Å². The highest BCUT2D eigenvalue weighted by Gasteiger charge is 2.40. The molecule has 1 aromatic rings. The average Bonchev–Trinajstić information content (AvgIpc) is 2.66. The van der Waals surface area contributed by atoms with E-state index in [1.807, 2.05) is 6.92 Å². The fourth-order valence-electron chi connectivity index (χ4n) is 2.50. The van der Waals surface area contributed by atoms with Crippen molar-refractivity contribution in [2.24, 2.45) is 0 Å². The molecular formula is C14H18F2N2O2. The minimum absolute atomic E-state index is 0.122. The molecule has 1 aliphatic heterocycles. The van der Waals surface area contributed by atoms with Crippen molar-refractivity contribution in [3.05, 3.63) is 35.4 Å². The summed E-state index contributed by atoms with van der Waals surface area (Å²) in [5, 5.41) is 3.03. The molecule has 1 saturated heterocycles. The Morgan fingerprint density at radius 3 is 2.75 bits per heavy atom. The van der Waals surface area contributed by atoms with Crippen LogP contribution in [0.5, 0.6) is 0 Å². The lowest BCUT2D eigenvalue weighted by Gasteiger charge is -2.30. The largest absolute Gasteiger partial charge is 0.383 e. The molecule has 4 nitrogen and oxygen atoms in total. The monoisotopic (exact) mass is 284 g/mol. The maximum absolute atomic E-state index is 13.9. The predicted octanol–water partition coefficient (Wildman–Crippen LogP) is 1.82. The van der Waals surface area contributed by atoms with Gasteiger partial charge in [0.15, 0.2) is 0 Å². The lowest BCUT2D eigenvalue weighted by Crippen LogP contribution is -2.41. The molecule has 2 rings (SSSR count). The molecule has 0 bridgehead atoms. The molecule has 1 aliphatic rings. The molecule has 110 valence electrons. The van der Waals surface area contributed by atoms with Crippen LogP contribution in [0.2, 0.25) is 0 Å². The van der Waals surface area contributed by atoms with Crippen LogP contribution in [0.1, 0.15) is 25.6 Å². The number of halogens is 2. The first kappa shape index (κ1) is 14.9. The quantitative estimate of drug-likeness (QED) is 0.917. The Kier molecular flexibility index (Phi) is 4.35. The number of carbonyl (C=O) groups excluding carboxylic acids is 1. The van der Waals surface area contributed by atoms with Gasteiger partial charge in [-0.3, -0.25) is 10.1 Å². The van der Waals surface area contributed by atoms with Crippen molar-refractivity contribution in [1.82, 2.24) is 10.2 Å². The third-order valence-electron chi connectivity index (χ3n) is 3.45. The molecule has 3 atom stereocenters. The number of methoxy groups -OCH3 is 1. The summed E-state index contributed by atoms with van der Waals surface area (Å²) in [6.45, 7) is 3.89. The zero-order valence-corrected chi connectivity index (χ0v) is 11.7. The first-order valence-electron chi connectivity index (χ1n) is 6.47. The van der Waals surface area contributed by atoms with Crippen LogP contribution >= 0.6 is 0 Å². The van der Waals surface area contributed by atoms with Gasteiger partial charge in [0.25, 0.3) is 0 Å². The summed E-state index contributed by atoms with van der Waals surface area (Å²) in [5.74, 6) is -1.43. The molecular weight excluding hydrogens is 266 g/mol. The van der Waals surface area contributed by atoms with E-state index in [-0.39, 0.29) is 17.5 Å². The summed E-state index contributed by atoms with van der Waals surface area (Å²) >= 11 is 0. The molecule has 6 heteroatoms. The van der Waals surface area contributed by atoms with E-state index in [2.05, 4.69) is 5.32 Å². The smallest absolute Gasteiger partial charge is 0.241 e. The van der Waals surface area contributed by atoms with Crippen molar-refractivity contribution in [1.29, 1.82) is 0 Å². The highest BCUT2D eigenvalue weighted by atomic mass is 19.1. The Morgan fingerprint density at radius 1 is 1.45 bits per heavy atom. The van der Waals surface area contributed by atoms with Gasteiger partial charge in [-0.05, 0) is 26.0 Å². The summed E-state index contributed by atoms with van der Waals surface area (Å²) in [7, 11) is 1.54. The fraction of sp³-hybridized carbons (Fsp3) is 0.500. The van der Waals surface area contributed by atoms with E-state index in [0.29, 0.717) is 6.61 Å². The van der Waals surface area contributed by atoms with Crippen LogP contribution in [-0.2, 0) is 9.53 Å². The van der Waals surface area contributed by atoms with Gasteiger partial charge < -0.3 is 9.64 Å². The number of carbonyl (C=O) groups is 1. The van der Waals surface area contributed by atoms with Crippen LogP contribution in [0.3, 0.4) is 0 Å². The molecule has 3 unspecified atom stereocenters. The highest BCUT2D eigenvalue weighted by molar-refractivity contribution is 5.84. The molecule has 1 heterocycles. The third kappa shape index (κ3) is 2.66. The van der Waals surface area contributed by atoms with Crippen LogP contribution in [0.15, 0.2) is 18.2 Å². The van der Waals surface area contributed by atoms with Gasteiger partial charge in [0.2, 0.25) is 5.91 Å². The van der Waals surface area contributed by atoms with Gasteiger partial charge in [0.05, 0.1) is 18.7 Å². The standard InChI is InChI=1S/C14H18F2N2O2/c1-8(7-20-3)18-13(17-9(2)14(18)19)11-5-4-10(15)6-12(11)16/h4-6,8-9,13,17H,7H2,1-3H3. The number of rotatable bonds is 4. The summed E-state index contributed by atoms with van der Waals surface area (Å²) in [4.78, 5) is 13.7. The van der Waals surface area contributed by atoms with Crippen molar-refractivity contribution in [3.63, 3.8) is 0 Å². The molecule has 0 radical (unpaired) electrons. The first-order valence-corrected chi connectivity index (χ1v) is 6.47. The Hall–Kier alpha value is -1.53. The Bertz CT molecular complexity index is 510. The van der Waals surface area contributed by atoms with Gasteiger partial charge in [0.1, 0.15) is 17.8 Å². The maximum Gasteiger partial charge on any atom is 0.241 e. The minimum Gasteiger partial charge on any atom is -0.383 e. The fourth-order valence-corrected chi connectivity index (χ4v) is 2.50. The van der Waals surface area contributed by atoms with Gasteiger partial charge in [-0.25, -0.2) is 8.78 Å². The first-order chi connectivity index (χ1) is 9.45. The predicted molar refractivity (Wildman–Crippen MR) is 69.9 cm³/mol. The normalized spacial score (nSPS) is 24.2. The van der Waals surface area contributed by atoms with Gasteiger partial charge >= 0.3 is 0 Å². The second-order valence-electron chi connectivity index (χ2n) is 5.01. The second-order valence-corrected chi connectivity index (χ2v) is 5.01. The zero-order chi connectivity index (χ0) is 14.9. The number of benzene rings is 1. The number of nitrogens with one attached hydrogen (secondary N) is 1. The van der Waals surface area contributed by atoms with Crippen molar-refractivity contribution in [2.75, 3.05) is 13.7 Å². The van der Waals surface area contributed by atoms with Gasteiger partial charge in [-0.1, -0.05) is 0 Å². The van der Waals surface area contributed by atoms with Gasteiger partial charge in [-0.15, -0.1) is 0 Å². The Labute approximate surface area is 116 Å². The van der Waals surface area contributed by atoms with Crippen LogP contribution in [0.4, 0.5) is 8.78 Å². The van der Waals surface area contributed by atoms with E-state index in [1.54, 1.807) is 18.9 Å². The molecule has 20 heavy (non-hydrogen) atoms. The molecule has 1 amide bonds. The topological polar surface area (TPSA) is 41.6 Å². The van der Waals surface area contributed by atoms with E-state index in [0.717, 1.165) is 6.07 Å². The van der Waals surface area contributed by atoms with Crippen molar-refractivity contribution in [2.45, 2.75) is 32.1 Å². The SMILES string of the molecule is COCC(C)N1C(=O)C(C)NC1c1ccc(F)cc1F. The lowest BCUT2D eigenvalue weighted by atomic mass is 10.1. The summed E-state index contributed by atoms with van der Waals surface area (Å²) in [6.07, 6.45) is -0.608. The van der Waals surface area contributed by atoms with Crippen LogP contribution < -0.4 is 5.32 Å². The number of ether oxygens (including phenoxy) is 1. The van der Waals surface area contributed by atoms with E-state index in [1.165, 1.54) is 12.1 Å². The number of hydrogen-bond acceptors (Lipinski definition) is 3. The molecule has 1 aromatic carbocycles. The summed E-state index contributed by atoms with van der Waals surface area (Å²) in [6, 6.07) is 2.75. The molecule has 0 saturated carbocycles. The van der Waals surface area contributed by atoms with Crippen LogP contribution in [-0.4, -0.2) is 36.6 Å². The maximum atomic E-state index is 13.9. The number of hydrogen-bond donors (Lipinski definition) is 1. The molecule has 0 aliphatic carbocycles. The number of amides is 1. The Morgan fingerprint density at radius 2 is 2.15 bits per heavy atom. The van der Waals surface area contributed by atoms with E-state index in [9.17, 15) is 13.6 Å².